The zero-order valence-electron chi connectivity index (χ0n) is 22.7. The lowest BCUT2D eigenvalue weighted by atomic mass is 9.50. The Balaban J connectivity index is 1.29. The number of Topliss-reactive ketones (excluding diaryl/α,β-unsaturated/α-hetero) is 1. The summed E-state index contributed by atoms with van der Waals surface area (Å²) in [5.41, 5.74) is 1.87. The van der Waals surface area contributed by atoms with E-state index in [1.807, 2.05) is 43.1 Å². The molecule has 1 heterocycles. The molecule has 0 spiro atoms. The number of ether oxygens (including phenoxy) is 1. The monoisotopic (exact) mass is 494 g/mol. The van der Waals surface area contributed by atoms with Crippen molar-refractivity contribution in [1.82, 2.24) is 9.55 Å². The van der Waals surface area contributed by atoms with E-state index in [-0.39, 0.29) is 11.3 Å². The maximum Gasteiger partial charge on any atom is 0.156 e. The lowest BCUT2D eigenvalue weighted by Gasteiger charge is -2.56. The average molecular weight is 495 g/mol. The van der Waals surface area contributed by atoms with Crippen LogP contribution in [0.4, 0.5) is 0 Å². The zero-order valence-corrected chi connectivity index (χ0v) is 22.7. The first-order valence-electron chi connectivity index (χ1n) is 14.4. The van der Waals surface area contributed by atoms with E-state index in [1.54, 1.807) is 0 Å². The lowest BCUT2D eigenvalue weighted by molar-refractivity contribution is -0.127. The van der Waals surface area contributed by atoms with Crippen molar-refractivity contribution >= 4 is 16.8 Å². The summed E-state index contributed by atoms with van der Waals surface area (Å²) in [5.74, 6) is 1.79. The number of rotatable bonds is 9. The fourth-order valence-corrected chi connectivity index (χ4v) is 8.62. The third-order valence-electron chi connectivity index (χ3n) is 10.7. The van der Waals surface area contributed by atoms with Crippen LogP contribution in [0.5, 0.6) is 0 Å². The standard InChI is InChI=1S/C31H46N2O3/c1-29(14-7-10-25(29)28(34)21-33-22-32-26-11-4-5-12-27(26)33)15-13-23-8-6-9-24-20-30(2,35)16-17-31(23,24)18-19-36-3/h4-5,11-12,22-25,35H,6-10,13-21H2,1-3H3. The van der Waals surface area contributed by atoms with Gasteiger partial charge in [-0.1, -0.05) is 31.9 Å². The van der Waals surface area contributed by atoms with Crippen molar-refractivity contribution in [2.24, 2.45) is 28.6 Å². The van der Waals surface area contributed by atoms with E-state index in [0.29, 0.717) is 29.6 Å². The number of aromatic nitrogens is 2. The highest BCUT2D eigenvalue weighted by molar-refractivity contribution is 5.84. The molecule has 1 aromatic heterocycles. The molecule has 1 aromatic carbocycles. The summed E-state index contributed by atoms with van der Waals surface area (Å²) >= 11 is 0. The molecule has 5 heteroatoms. The van der Waals surface area contributed by atoms with Crippen LogP contribution in [0.2, 0.25) is 0 Å². The van der Waals surface area contributed by atoms with Crippen LogP contribution in [0.3, 0.4) is 0 Å². The maximum atomic E-state index is 13.6. The molecule has 198 valence electrons. The van der Waals surface area contributed by atoms with Crippen molar-refractivity contribution in [3.8, 4) is 0 Å². The topological polar surface area (TPSA) is 64.3 Å². The molecule has 0 aliphatic heterocycles. The summed E-state index contributed by atoms with van der Waals surface area (Å²) in [6, 6.07) is 8.09. The molecule has 2 aromatic rings. The number of carbonyl (C=O) groups is 1. The number of methoxy groups -OCH3 is 1. The van der Waals surface area contributed by atoms with Gasteiger partial charge in [0.25, 0.3) is 0 Å². The molecule has 3 fully saturated rings. The van der Waals surface area contributed by atoms with Gasteiger partial charge in [0.15, 0.2) is 5.78 Å². The number of fused-ring (bicyclic) bond motifs is 2. The number of carbonyl (C=O) groups excluding carboxylic acids is 1. The number of aliphatic hydroxyl groups is 1. The predicted molar refractivity (Wildman–Crippen MR) is 144 cm³/mol. The molecule has 3 aliphatic carbocycles. The summed E-state index contributed by atoms with van der Waals surface area (Å²) in [4.78, 5) is 18.1. The maximum absolute atomic E-state index is 13.6. The van der Waals surface area contributed by atoms with Gasteiger partial charge in [-0.15, -0.1) is 0 Å². The minimum Gasteiger partial charge on any atom is -0.390 e. The minimum atomic E-state index is -0.518. The lowest BCUT2D eigenvalue weighted by Crippen LogP contribution is -2.50. The second kappa shape index (κ2) is 10.2. The Morgan fingerprint density at radius 1 is 1.11 bits per heavy atom. The number of ketones is 1. The predicted octanol–water partition coefficient (Wildman–Crippen LogP) is 6.57. The Hall–Kier alpha value is -1.72. The van der Waals surface area contributed by atoms with E-state index in [2.05, 4.69) is 18.0 Å². The summed E-state index contributed by atoms with van der Waals surface area (Å²) in [5, 5.41) is 10.9. The fraction of sp³-hybridized carbons (Fsp3) is 0.742. The Kier molecular flexibility index (Phi) is 7.35. The van der Waals surface area contributed by atoms with Gasteiger partial charge in [-0.05, 0) is 106 Å². The summed E-state index contributed by atoms with van der Waals surface area (Å²) < 4.78 is 7.64. The molecule has 0 amide bonds. The first-order chi connectivity index (χ1) is 17.3. The number of hydrogen-bond donors (Lipinski definition) is 1. The second-order valence-electron chi connectivity index (χ2n) is 13.0. The molecular weight excluding hydrogens is 448 g/mol. The fourth-order valence-electron chi connectivity index (χ4n) is 8.62. The Morgan fingerprint density at radius 2 is 1.94 bits per heavy atom. The molecule has 3 saturated carbocycles. The van der Waals surface area contributed by atoms with E-state index in [1.165, 1.54) is 25.7 Å². The number of hydrogen-bond acceptors (Lipinski definition) is 4. The van der Waals surface area contributed by atoms with Crippen molar-refractivity contribution in [1.29, 1.82) is 0 Å². The average Bonchev–Trinajstić information content (AvgIpc) is 3.45. The van der Waals surface area contributed by atoms with Gasteiger partial charge in [0, 0.05) is 19.6 Å². The van der Waals surface area contributed by atoms with Gasteiger partial charge in [0.05, 0.1) is 29.5 Å². The van der Waals surface area contributed by atoms with Crippen LogP contribution in [0.1, 0.15) is 90.9 Å². The van der Waals surface area contributed by atoms with E-state index in [9.17, 15) is 9.90 Å². The molecular formula is C31H46N2O3. The molecule has 0 bridgehead atoms. The van der Waals surface area contributed by atoms with Crippen LogP contribution in [0.25, 0.3) is 11.0 Å². The molecule has 36 heavy (non-hydrogen) atoms. The highest BCUT2D eigenvalue weighted by Gasteiger charge is 2.53. The van der Waals surface area contributed by atoms with Crippen molar-refractivity contribution in [2.45, 2.75) is 103 Å². The van der Waals surface area contributed by atoms with E-state index >= 15 is 0 Å². The molecule has 5 rings (SSSR count). The van der Waals surface area contributed by atoms with Crippen LogP contribution in [0, 0.1) is 28.6 Å². The quantitative estimate of drug-likeness (QED) is 0.428. The van der Waals surface area contributed by atoms with E-state index in [4.69, 9.17) is 4.74 Å². The van der Waals surface area contributed by atoms with Gasteiger partial charge in [0.2, 0.25) is 0 Å². The van der Waals surface area contributed by atoms with Gasteiger partial charge >= 0.3 is 0 Å². The molecule has 1 N–H and O–H groups in total. The molecule has 0 saturated heterocycles. The summed E-state index contributed by atoms with van der Waals surface area (Å²) in [6.07, 6.45) is 15.4. The number of para-hydroxylation sites is 2. The van der Waals surface area contributed by atoms with Crippen LogP contribution in [-0.2, 0) is 16.1 Å². The highest BCUT2D eigenvalue weighted by atomic mass is 16.5. The summed E-state index contributed by atoms with van der Waals surface area (Å²) in [7, 11) is 1.82. The first-order valence-corrected chi connectivity index (χ1v) is 14.4. The van der Waals surface area contributed by atoms with Crippen molar-refractivity contribution in [3.63, 3.8) is 0 Å². The zero-order chi connectivity index (χ0) is 25.4. The Bertz CT molecular complexity index is 1060. The van der Waals surface area contributed by atoms with Crippen LogP contribution in [0.15, 0.2) is 30.6 Å². The van der Waals surface area contributed by atoms with Gasteiger partial charge in [-0.3, -0.25) is 4.79 Å². The summed E-state index contributed by atoms with van der Waals surface area (Å²) in [6.45, 7) is 5.67. The number of imidazole rings is 1. The number of nitrogens with zero attached hydrogens (tertiary/aromatic N) is 2. The van der Waals surface area contributed by atoms with Crippen molar-refractivity contribution in [3.05, 3.63) is 30.6 Å². The van der Waals surface area contributed by atoms with Gasteiger partial charge in [0.1, 0.15) is 0 Å². The molecule has 3 aliphatic rings. The normalized spacial score (nSPS) is 36.7. The van der Waals surface area contributed by atoms with Gasteiger partial charge < -0.3 is 14.4 Å². The molecule has 6 atom stereocenters. The Labute approximate surface area is 217 Å². The largest absolute Gasteiger partial charge is 0.390 e. The first kappa shape index (κ1) is 25.9. The molecule has 0 radical (unpaired) electrons. The SMILES string of the molecule is COCCC12CCC(C)(O)CC1CCCC2CCC1(C)CCCC1C(=O)Cn1cnc2ccccc21. The van der Waals surface area contributed by atoms with Crippen LogP contribution < -0.4 is 0 Å². The van der Waals surface area contributed by atoms with Crippen LogP contribution >= 0.6 is 0 Å². The van der Waals surface area contributed by atoms with Crippen LogP contribution in [-0.4, -0.2) is 39.8 Å². The third kappa shape index (κ3) is 4.90. The van der Waals surface area contributed by atoms with Gasteiger partial charge in [-0.2, -0.15) is 0 Å². The Morgan fingerprint density at radius 3 is 2.78 bits per heavy atom. The smallest absolute Gasteiger partial charge is 0.156 e. The minimum absolute atomic E-state index is 0.0863. The number of benzene rings is 1. The van der Waals surface area contributed by atoms with E-state index < -0.39 is 5.60 Å². The van der Waals surface area contributed by atoms with Gasteiger partial charge in [-0.25, -0.2) is 4.98 Å². The van der Waals surface area contributed by atoms with Crippen molar-refractivity contribution in [2.75, 3.05) is 13.7 Å². The second-order valence-corrected chi connectivity index (χ2v) is 13.0. The molecule has 5 nitrogen and oxygen atoms in total. The highest BCUT2D eigenvalue weighted by Crippen LogP contribution is 2.60. The van der Waals surface area contributed by atoms with E-state index in [0.717, 1.165) is 69.0 Å². The molecule has 6 unspecified atom stereocenters. The third-order valence-corrected chi connectivity index (χ3v) is 10.7. The van der Waals surface area contributed by atoms with Crippen molar-refractivity contribution < 1.29 is 14.6 Å².